The molecule has 3 aromatic rings. The number of carbonyl (C=O) groups excluding carboxylic acids is 2. The molecule has 0 aliphatic heterocycles. The highest BCUT2D eigenvalue weighted by atomic mass is 32.1. The van der Waals surface area contributed by atoms with E-state index in [0.29, 0.717) is 34.2 Å². The summed E-state index contributed by atoms with van der Waals surface area (Å²) in [4.78, 5) is 27.1. The molecule has 9 nitrogen and oxygen atoms in total. The summed E-state index contributed by atoms with van der Waals surface area (Å²) in [6.07, 6.45) is 3.99. The van der Waals surface area contributed by atoms with Gasteiger partial charge in [-0.1, -0.05) is 0 Å². The van der Waals surface area contributed by atoms with Crippen molar-refractivity contribution in [3.8, 4) is 5.75 Å². The third kappa shape index (κ3) is 5.22. The first-order valence-electron chi connectivity index (χ1n) is 11.2. The minimum Gasteiger partial charge on any atom is -0.486 e. The summed E-state index contributed by atoms with van der Waals surface area (Å²) in [6, 6.07) is 6.90. The highest BCUT2D eigenvalue weighted by Gasteiger charge is 2.26. The zero-order chi connectivity index (χ0) is 23.4. The van der Waals surface area contributed by atoms with Crippen LogP contribution in [0, 0.1) is 0 Å². The first-order chi connectivity index (χ1) is 16.0. The van der Waals surface area contributed by atoms with Crippen LogP contribution in [0.2, 0.25) is 0 Å². The van der Waals surface area contributed by atoms with Crippen LogP contribution in [0.1, 0.15) is 70.6 Å². The van der Waals surface area contributed by atoms with Gasteiger partial charge in [-0.3, -0.25) is 9.59 Å². The molecule has 0 fully saturated rings. The van der Waals surface area contributed by atoms with Crippen LogP contribution >= 0.6 is 11.3 Å². The zero-order valence-electron chi connectivity index (χ0n) is 19.1. The quantitative estimate of drug-likeness (QED) is 0.523. The maximum atomic E-state index is 13.0. The van der Waals surface area contributed by atoms with Crippen LogP contribution in [0.3, 0.4) is 0 Å². The zero-order valence-corrected chi connectivity index (χ0v) is 19.9. The fourth-order valence-electron chi connectivity index (χ4n) is 3.83. The van der Waals surface area contributed by atoms with Crippen molar-refractivity contribution in [2.75, 3.05) is 5.32 Å². The van der Waals surface area contributed by atoms with E-state index in [1.54, 1.807) is 28.9 Å². The average Bonchev–Trinajstić information content (AvgIpc) is 3.41. The molecule has 10 heteroatoms. The molecule has 174 valence electrons. The smallest absolute Gasteiger partial charge is 0.256 e. The third-order valence-corrected chi connectivity index (χ3v) is 6.64. The molecular weight excluding hydrogens is 440 g/mol. The van der Waals surface area contributed by atoms with Crippen molar-refractivity contribution in [1.29, 1.82) is 0 Å². The monoisotopic (exact) mass is 468 g/mol. The number of thiophene rings is 1. The van der Waals surface area contributed by atoms with E-state index in [4.69, 9.17) is 4.74 Å². The minimum absolute atomic E-state index is 0.0229. The van der Waals surface area contributed by atoms with Gasteiger partial charge in [-0.15, -0.1) is 16.4 Å². The van der Waals surface area contributed by atoms with Gasteiger partial charge in [0.1, 0.15) is 17.4 Å². The molecule has 0 saturated carbocycles. The molecule has 4 rings (SSSR count). The second kappa shape index (κ2) is 10.1. The second-order valence-corrected chi connectivity index (χ2v) is 9.33. The van der Waals surface area contributed by atoms with Crippen LogP contribution in [-0.4, -0.2) is 38.1 Å². The average molecular weight is 469 g/mol. The van der Waals surface area contributed by atoms with E-state index in [-0.39, 0.29) is 24.5 Å². The Labute approximate surface area is 196 Å². The number of benzene rings is 1. The van der Waals surface area contributed by atoms with Gasteiger partial charge in [0.05, 0.1) is 5.56 Å². The van der Waals surface area contributed by atoms with E-state index in [0.717, 1.165) is 31.2 Å². The van der Waals surface area contributed by atoms with Gasteiger partial charge in [-0.25, -0.2) is 4.68 Å². The summed E-state index contributed by atoms with van der Waals surface area (Å²) in [7, 11) is 0. The Kier molecular flexibility index (Phi) is 7.02. The molecule has 0 spiro atoms. The number of hydrogen-bond acceptors (Lipinski definition) is 7. The molecule has 2 amide bonds. The summed E-state index contributed by atoms with van der Waals surface area (Å²) in [5.74, 6) is 0.862. The van der Waals surface area contributed by atoms with Crippen LogP contribution < -0.4 is 15.4 Å². The number of hydrogen-bond donors (Lipinski definition) is 2. The van der Waals surface area contributed by atoms with Gasteiger partial charge in [0.15, 0.2) is 5.82 Å². The number of nitrogens with one attached hydrogen (secondary N) is 2. The van der Waals surface area contributed by atoms with Crippen molar-refractivity contribution >= 4 is 28.2 Å². The Bertz CT molecular complexity index is 1140. The van der Waals surface area contributed by atoms with Crippen LogP contribution in [0.25, 0.3) is 0 Å². The van der Waals surface area contributed by atoms with Crippen molar-refractivity contribution < 1.29 is 14.3 Å². The van der Waals surface area contributed by atoms with E-state index in [2.05, 4.69) is 26.2 Å². The Balaban J connectivity index is 1.47. The molecule has 1 aliphatic carbocycles. The topological polar surface area (TPSA) is 111 Å². The lowest BCUT2D eigenvalue weighted by atomic mass is 9.95. The summed E-state index contributed by atoms with van der Waals surface area (Å²) < 4.78 is 7.40. The van der Waals surface area contributed by atoms with E-state index < -0.39 is 0 Å². The van der Waals surface area contributed by atoms with Crippen LogP contribution in [0.4, 0.5) is 5.00 Å². The largest absolute Gasteiger partial charge is 0.486 e. The number of anilines is 1. The molecule has 0 radical (unpaired) electrons. The number of nitrogens with zero attached hydrogens (tertiary/aromatic N) is 4. The number of carbonyl (C=O) groups is 2. The minimum atomic E-state index is -0.256. The number of rotatable bonds is 8. The molecule has 1 aromatic carbocycles. The molecular formula is C23H28N6O3S. The maximum Gasteiger partial charge on any atom is 0.256 e. The van der Waals surface area contributed by atoms with Crippen molar-refractivity contribution in [3.05, 3.63) is 51.7 Å². The summed E-state index contributed by atoms with van der Waals surface area (Å²) in [5.41, 5.74) is 2.19. The first kappa shape index (κ1) is 22.9. The molecule has 0 unspecified atom stereocenters. The lowest BCUT2D eigenvalue weighted by Gasteiger charge is -2.14. The number of amides is 2. The lowest BCUT2D eigenvalue weighted by molar-refractivity contribution is 0.0943. The van der Waals surface area contributed by atoms with Gasteiger partial charge in [-0.2, -0.15) is 0 Å². The highest BCUT2D eigenvalue weighted by molar-refractivity contribution is 7.17. The standard InChI is InChI=1S/C23H28N6O3S/c1-4-29-19(26-27-28-29)13-32-16-11-9-15(10-12-16)21(30)25-23-20(22(31)24-14(2)3)17-7-5-6-8-18(17)33-23/h9-12,14H,4-8,13H2,1-3H3,(H,24,31)(H,25,30). The predicted molar refractivity (Wildman–Crippen MR) is 126 cm³/mol. The first-order valence-corrected chi connectivity index (χ1v) is 12.0. The van der Waals surface area contributed by atoms with Gasteiger partial charge >= 0.3 is 0 Å². The van der Waals surface area contributed by atoms with E-state index in [1.807, 2.05) is 20.8 Å². The van der Waals surface area contributed by atoms with E-state index >= 15 is 0 Å². The third-order valence-electron chi connectivity index (χ3n) is 5.44. The summed E-state index contributed by atoms with van der Waals surface area (Å²) >= 11 is 1.51. The summed E-state index contributed by atoms with van der Waals surface area (Å²) in [6.45, 7) is 6.72. The highest BCUT2D eigenvalue weighted by Crippen LogP contribution is 2.38. The van der Waals surface area contributed by atoms with Gasteiger partial charge in [0.2, 0.25) is 0 Å². The molecule has 33 heavy (non-hydrogen) atoms. The van der Waals surface area contributed by atoms with Crippen LogP contribution in [0.5, 0.6) is 5.75 Å². The van der Waals surface area contributed by atoms with Crippen molar-refractivity contribution in [3.63, 3.8) is 0 Å². The van der Waals surface area contributed by atoms with Crippen molar-refractivity contribution in [2.24, 2.45) is 0 Å². The molecule has 1 aliphatic rings. The molecule has 2 aromatic heterocycles. The van der Waals surface area contributed by atoms with Gasteiger partial charge in [0, 0.05) is 23.0 Å². The lowest BCUT2D eigenvalue weighted by Crippen LogP contribution is -2.31. The fourth-order valence-corrected chi connectivity index (χ4v) is 5.11. The van der Waals surface area contributed by atoms with E-state index in [1.165, 1.54) is 16.2 Å². The number of ether oxygens (including phenoxy) is 1. The Hall–Kier alpha value is -3.27. The number of aromatic nitrogens is 4. The van der Waals surface area contributed by atoms with Crippen molar-refractivity contribution in [1.82, 2.24) is 25.5 Å². The molecule has 2 N–H and O–H groups in total. The molecule has 0 saturated heterocycles. The number of fused-ring (bicyclic) bond motifs is 1. The van der Waals surface area contributed by atoms with E-state index in [9.17, 15) is 9.59 Å². The summed E-state index contributed by atoms with van der Waals surface area (Å²) in [5, 5.41) is 18.0. The van der Waals surface area contributed by atoms with Gasteiger partial charge in [-0.05, 0) is 86.7 Å². The van der Waals surface area contributed by atoms with Crippen LogP contribution in [0.15, 0.2) is 24.3 Å². The van der Waals surface area contributed by atoms with Crippen LogP contribution in [-0.2, 0) is 26.0 Å². The molecule has 0 bridgehead atoms. The number of tetrazole rings is 1. The SMILES string of the molecule is CCn1nnnc1COc1ccc(C(=O)Nc2sc3c(c2C(=O)NC(C)C)CCCC3)cc1. The fraction of sp³-hybridized carbons (Fsp3) is 0.435. The Morgan fingerprint density at radius 3 is 2.64 bits per heavy atom. The van der Waals surface area contributed by atoms with Gasteiger partial charge in [0.25, 0.3) is 11.8 Å². The normalized spacial score (nSPS) is 13.0. The molecule has 0 atom stereocenters. The predicted octanol–water partition coefficient (Wildman–Crippen LogP) is 3.60. The maximum absolute atomic E-state index is 13.0. The Morgan fingerprint density at radius 1 is 1.15 bits per heavy atom. The Morgan fingerprint density at radius 2 is 1.91 bits per heavy atom. The second-order valence-electron chi connectivity index (χ2n) is 8.22. The van der Waals surface area contributed by atoms with Crippen molar-refractivity contribution in [2.45, 2.75) is 65.6 Å². The number of aryl methyl sites for hydroxylation is 2. The van der Waals surface area contributed by atoms with Gasteiger partial charge < -0.3 is 15.4 Å². The molecule has 2 heterocycles.